The maximum atomic E-state index is 12.9. The van der Waals surface area contributed by atoms with Gasteiger partial charge in [-0.2, -0.15) is 4.31 Å². The maximum absolute atomic E-state index is 12.9. The minimum atomic E-state index is -3.48. The molecule has 3 rings (SSSR count). The van der Waals surface area contributed by atoms with Gasteiger partial charge in [0.25, 0.3) is 0 Å². The van der Waals surface area contributed by atoms with E-state index in [4.69, 9.17) is 9.47 Å². The molecular weight excluding hydrogens is 371 g/mol. The van der Waals surface area contributed by atoms with Gasteiger partial charge >= 0.3 is 0 Å². The molecule has 0 saturated carbocycles. The second-order valence-corrected chi connectivity index (χ2v) is 8.32. The maximum Gasteiger partial charge on any atom is 0.243 e. The fourth-order valence-electron chi connectivity index (χ4n) is 3.03. The number of halogens is 1. The highest BCUT2D eigenvalue weighted by atomic mass is 32.2. The number of hydrogen-bond acceptors (Lipinski definition) is 4. The number of ether oxygens (including phenoxy) is 2. The lowest BCUT2D eigenvalue weighted by Gasteiger charge is -2.31. The molecule has 0 unspecified atom stereocenters. The summed E-state index contributed by atoms with van der Waals surface area (Å²) in [6.07, 6.45) is 0. The first-order chi connectivity index (χ1) is 13.0. The van der Waals surface area contributed by atoms with Gasteiger partial charge in [-0.25, -0.2) is 12.8 Å². The van der Waals surface area contributed by atoms with Crippen molar-refractivity contribution in [1.29, 1.82) is 0 Å². The highest BCUT2D eigenvalue weighted by Crippen LogP contribution is 2.19. The summed E-state index contributed by atoms with van der Waals surface area (Å²) in [4.78, 5) is 1.57. The third-order valence-electron chi connectivity index (χ3n) is 4.66. The zero-order valence-corrected chi connectivity index (χ0v) is 16.0. The first-order valence-corrected chi connectivity index (χ1v) is 10.3. The van der Waals surface area contributed by atoms with Gasteiger partial charge < -0.3 is 14.4 Å². The number of piperazine rings is 1. The molecule has 0 amide bonds. The van der Waals surface area contributed by atoms with Crippen LogP contribution in [-0.4, -0.2) is 59.2 Å². The Morgan fingerprint density at radius 3 is 2.19 bits per heavy atom. The quantitative estimate of drug-likeness (QED) is 0.754. The van der Waals surface area contributed by atoms with Crippen molar-refractivity contribution >= 4 is 10.0 Å². The first-order valence-electron chi connectivity index (χ1n) is 8.85. The Labute approximate surface area is 159 Å². The average Bonchev–Trinajstić information content (AvgIpc) is 2.70. The minimum Gasteiger partial charge on any atom is -0.497 e. The molecular formula is C19H24FN2O4S+. The molecule has 1 heterocycles. The van der Waals surface area contributed by atoms with Crippen molar-refractivity contribution in [3.63, 3.8) is 0 Å². The molecule has 1 saturated heterocycles. The Balaban J connectivity index is 1.48. The topological polar surface area (TPSA) is 60.3 Å². The second kappa shape index (κ2) is 8.69. The van der Waals surface area contributed by atoms with Gasteiger partial charge in [0.05, 0.1) is 38.2 Å². The summed E-state index contributed by atoms with van der Waals surface area (Å²) in [5.41, 5.74) is 0. The van der Waals surface area contributed by atoms with Crippen molar-refractivity contribution in [3.05, 3.63) is 54.3 Å². The van der Waals surface area contributed by atoms with Crippen molar-refractivity contribution in [3.8, 4) is 11.5 Å². The van der Waals surface area contributed by atoms with Crippen molar-refractivity contribution in [1.82, 2.24) is 4.31 Å². The fourth-order valence-corrected chi connectivity index (χ4v) is 4.48. The van der Waals surface area contributed by atoms with Crippen molar-refractivity contribution in [2.45, 2.75) is 4.90 Å². The molecule has 2 aromatic rings. The molecule has 0 radical (unpaired) electrons. The van der Waals surface area contributed by atoms with Crippen molar-refractivity contribution < 1.29 is 27.2 Å². The van der Waals surface area contributed by atoms with Crippen LogP contribution >= 0.6 is 0 Å². The van der Waals surface area contributed by atoms with Crippen LogP contribution in [0.3, 0.4) is 0 Å². The molecule has 0 aliphatic carbocycles. The summed E-state index contributed by atoms with van der Waals surface area (Å²) in [7, 11) is -1.93. The van der Waals surface area contributed by atoms with E-state index in [0.717, 1.165) is 19.6 Å². The first kappa shape index (κ1) is 19.6. The highest BCUT2D eigenvalue weighted by Gasteiger charge is 2.30. The van der Waals surface area contributed by atoms with Gasteiger partial charge in [0.15, 0.2) is 0 Å². The van der Waals surface area contributed by atoms with Crippen molar-refractivity contribution in [2.24, 2.45) is 0 Å². The molecule has 146 valence electrons. The molecule has 1 aliphatic heterocycles. The van der Waals surface area contributed by atoms with E-state index in [1.807, 2.05) is 0 Å². The second-order valence-electron chi connectivity index (χ2n) is 6.38. The molecule has 0 spiro atoms. The number of sulfonamides is 1. The molecule has 1 N–H and O–H groups in total. The van der Waals surface area contributed by atoms with E-state index in [2.05, 4.69) is 0 Å². The third kappa shape index (κ3) is 4.97. The van der Waals surface area contributed by atoms with Gasteiger partial charge in [-0.3, -0.25) is 0 Å². The molecule has 0 aromatic heterocycles. The van der Waals surface area contributed by atoms with Gasteiger partial charge in [-0.05, 0) is 48.5 Å². The van der Waals surface area contributed by atoms with Crippen LogP contribution in [0, 0.1) is 5.82 Å². The number of quaternary nitrogens is 1. The van der Waals surface area contributed by atoms with E-state index in [1.54, 1.807) is 43.5 Å². The zero-order chi connectivity index (χ0) is 19.3. The van der Waals surface area contributed by atoms with Crippen LogP contribution in [-0.2, 0) is 10.0 Å². The molecule has 1 aliphatic rings. The Kier molecular flexibility index (Phi) is 6.30. The number of methoxy groups -OCH3 is 1. The number of nitrogens with zero attached hydrogens (tertiary/aromatic N) is 1. The molecule has 2 aromatic carbocycles. The van der Waals surface area contributed by atoms with Crippen LogP contribution in [0.2, 0.25) is 0 Å². The smallest absolute Gasteiger partial charge is 0.243 e. The highest BCUT2D eigenvalue weighted by molar-refractivity contribution is 7.89. The molecule has 0 atom stereocenters. The number of hydrogen-bond donors (Lipinski definition) is 1. The van der Waals surface area contributed by atoms with Gasteiger partial charge in [0, 0.05) is 0 Å². The van der Waals surface area contributed by atoms with Gasteiger partial charge in [0.2, 0.25) is 10.0 Å². The molecule has 27 heavy (non-hydrogen) atoms. The Morgan fingerprint density at radius 1 is 1.00 bits per heavy atom. The SMILES string of the molecule is COc1ccc(S(=O)(=O)N2CC[NH+](CCOc3ccc(F)cc3)CC2)cc1. The summed E-state index contributed by atoms with van der Waals surface area (Å²) < 4.78 is 50.6. The number of benzene rings is 2. The number of nitrogens with one attached hydrogen (secondary N) is 1. The van der Waals surface area contributed by atoms with E-state index < -0.39 is 10.0 Å². The minimum absolute atomic E-state index is 0.284. The van der Waals surface area contributed by atoms with Gasteiger partial charge in [0.1, 0.15) is 30.5 Å². The van der Waals surface area contributed by atoms with Crippen LogP contribution in [0.5, 0.6) is 11.5 Å². The van der Waals surface area contributed by atoms with E-state index in [0.29, 0.717) is 31.2 Å². The fraction of sp³-hybridized carbons (Fsp3) is 0.368. The number of rotatable bonds is 7. The lowest BCUT2D eigenvalue weighted by Crippen LogP contribution is -3.15. The monoisotopic (exact) mass is 395 g/mol. The standard InChI is InChI=1S/C19H23FN2O4S/c1-25-17-6-8-19(9-7-17)27(23,24)22-12-10-21(11-13-22)14-15-26-18-4-2-16(20)3-5-18/h2-9H,10-15H2,1H3/p+1. The predicted octanol–water partition coefficient (Wildman–Crippen LogP) is 0.803. The van der Waals surface area contributed by atoms with Crippen LogP contribution in [0.1, 0.15) is 0 Å². The lowest BCUT2D eigenvalue weighted by molar-refractivity contribution is -0.903. The Hall–Kier alpha value is -2.16. The summed E-state index contributed by atoms with van der Waals surface area (Å²) in [5.74, 6) is 0.975. The summed E-state index contributed by atoms with van der Waals surface area (Å²) in [6, 6.07) is 12.4. The van der Waals surface area contributed by atoms with Crippen molar-refractivity contribution in [2.75, 3.05) is 46.4 Å². The van der Waals surface area contributed by atoms with Crippen LogP contribution in [0.15, 0.2) is 53.4 Å². The zero-order valence-electron chi connectivity index (χ0n) is 15.2. The van der Waals surface area contributed by atoms with Crippen LogP contribution < -0.4 is 14.4 Å². The average molecular weight is 395 g/mol. The van der Waals surface area contributed by atoms with E-state index in [9.17, 15) is 12.8 Å². The van der Waals surface area contributed by atoms with E-state index >= 15 is 0 Å². The largest absolute Gasteiger partial charge is 0.497 e. The predicted molar refractivity (Wildman–Crippen MR) is 99.2 cm³/mol. The molecule has 6 nitrogen and oxygen atoms in total. The van der Waals surface area contributed by atoms with Crippen LogP contribution in [0.4, 0.5) is 4.39 Å². The van der Waals surface area contributed by atoms with Crippen LogP contribution in [0.25, 0.3) is 0 Å². The van der Waals surface area contributed by atoms with Gasteiger partial charge in [-0.15, -0.1) is 0 Å². The summed E-state index contributed by atoms with van der Waals surface area (Å²) in [6.45, 7) is 3.67. The lowest BCUT2D eigenvalue weighted by atomic mass is 10.3. The normalized spacial score (nSPS) is 16.2. The Bertz CT molecular complexity index is 833. The summed E-state index contributed by atoms with van der Waals surface area (Å²) in [5, 5.41) is 0. The Morgan fingerprint density at radius 2 is 1.59 bits per heavy atom. The molecule has 8 heteroatoms. The van der Waals surface area contributed by atoms with E-state index in [-0.39, 0.29) is 10.7 Å². The molecule has 0 bridgehead atoms. The summed E-state index contributed by atoms with van der Waals surface area (Å²) >= 11 is 0. The molecule has 1 fully saturated rings. The van der Waals surface area contributed by atoms with Gasteiger partial charge in [-0.1, -0.05) is 0 Å². The third-order valence-corrected chi connectivity index (χ3v) is 6.58. The van der Waals surface area contributed by atoms with E-state index in [1.165, 1.54) is 21.3 Å².